The van der Waals surface area contributed by atoms with Gasteiger partial charge in [-0.2, -0.15) is 0 Å². The molecule has 0 bridgehead atoms. The first-order chi connectivity index (χ1) is 18.7. The largest absolute Gasteiger partial charge is 0.490 e. The van der Waals surface area contributed by atoms with Crippen molar-refractivity contribution in [3.63, 3.8) is 0 Å². The molecule has 0 aliphatic rings. The van der Waals surface area contributed by atoms with Gasteiger partial charge < -0.3 is 24.3 Å². The van der Waals surface area contributed by atoms with Crippen LogP contribution in [0.4, 0.5) is 5.69 Å². The zero-order chi connectivity index (χ0) is 26.4. The molecule has 7 nitrogen and oxygen atoms in total. The van der Waals surface area contributed by atoms with E-state index in [1.807, 2.05) is 78.9 Å². The quantitative estimate of drug-likeness (QED) is 0.180. The SMILES string of the molecule is O=C(NC(=S)Nc1cccc(OCCOc2ccccc2)c1)c1ccccc1OCCOc1ccccc1. The number of rotatable bonds is 12. The highest BCUT2D eigenvalue weighted by Crippen LogP contribution is 2.20. The molecule has 0 heterocycles. The van der Waals surface area contributed by atoms with Crippen molar-refractivity contribution in [2.45, 2.75) is 0 Å². The Labute approximate surface area is 227 Å². The molecule has 0 aliphatic carbocycles. The van der Waals surface area contributed by atoms with Crippen LogP contribution in [0.25, 0.3) is 0 Å². The van der Waals surface area contributed by atoms with Gasteiger partial charge in [-0.05, 0) is 60.7 Å². The number of para-hydroxylation sites is 3. The fraction of sp³-hybridized carbons (Fsp3) is 0.133. The third-order valence-electron chi connectivity index (χ3n) is 5.17. The van der Waals surface area contributed by atoms with E-state index in [2.05, 4.69) is 10.6 Å². The second-order valence-electron chi connectivity index (χ2n) is 7.95. The Morgan fingerprint density at radius 2 is 1.13 bits per heavy atom. The molecule has 0 fully saturated rings. The predicted octanol–water partition coefficient (Wildman–Crippen LogP) is 5.73. The summed E-state index contributed by atoms with van der Waals surface area (Å²) in [6.45, 7) is 1.42. The number of carbonyl (C=O) groups is 1. The first-order valence-corrected chi connectivity index (χ1v) is 12.5. The van der Waals surface area contributed by atoms with Gasteiger partial charge in [-0.3, -0.25) is 10.1 Å². The summed E-state index contributed by atoms with van der Waals surface area (Å²) in [4.78, 5) is 12.9. The smallest absolute Gasteiger partial charge is 0.261 e. The second-order valence-corrected chi connectivity index (χ2v) is 8.36. The minimum absolute atomic E-state index is 0.154. The van der Waals surface area contributed by atoms with E-state index in [4.69, 9.17) is 31.2 Å². The van der Waals surface area contributed by atoms with Gasteiger partial charge in [-0.1, -0.05) is 54.6 Å². The lowest BCUT2D eigenvalue weighted by Crippen LogP contribution is -2.34. The molecular formula is C30H28N2O5S. The summed E-state index contributed by atoms with van der Waals surface area (Å²) in [7, 11) is 0. The summed E-state index contributed by atoms with van der Waals surface area (Å²) in [5, 5.41) is 5.87. The number of carbonyl (C=O) groups excluding carboxylic acids is 1. The average molecular weight is 529 g/mol. The number of amides is 1. The van der Waals surface area contributed by atoms with E-state index in [0.717, 1.165) is 11.5 Å². The number of hydrogen-bond donors (Lipinski definition) is 2. The Kier molecular flexibility index (Phi) is 9.94. The van der Waals surface area contributed by atoms with Gasteiger partial charge in [0.25, 0.3) is 5.91 Å². The van der Waals surface area contributed by atoms with E-state index >= 15 is 0 Å². The molecule has 1 amide bonds. The zero-order valence-corrected chi connectivity index (χ0v) is 21.5. The highest BCUT2D eigenvalue weighted by Gasteiger charge is 2.14. The first-order valence-electron chi connectivity index (χ1n) is 12.1. The predicted molar refractivity (Wildman–Crippen MR) is 151 cm³/mol. The van der Waals surface area contributed by atoms with Crippen molar-refractivity contribution in [2.24, 2.45) is 0 Å². The second kappa shape index (κ2) is 14.2. The van der Waals surface area contributed by atoms with Crippen LogP contribution in [-0.2, 0) is 0 Å². The van der Waals surface area contributed by atoms with Crippen molar-refractivity contribution >= 4 is 28.9 Å². The molecule has 8 heteroatoms. The highest BCUT2D eigenvalue weighted by atomic mass is 32.1. The third-order valence-corrected chi connectivity index (χ3v) is 5.37. The van der Waals surface area contributed by atoms with Gasteiger partial charge in [0.2, 0.25) is 0 Å². The van der Waals surface area contributed by atoms with E-state index in [9.17, 15) is 4.79 Å². The zero-order valence-electron chi connectivity index (χ0n) is 20.7. The van der Waals surface area contributed by atoms with Crippen LogP contribution in [0.5, 0.6) is 23.0 Å². The van der Waals surface area contributed by atoms with E-state index in [-0.39, 0.29) is 17.6 Å². The molecule has 194 valence electrons. The number of nitrogens with one attached hydrogen (secondary N) is 2. The standard InChI is InChI=1S/C30H28N2O5S/c33-29(27-16-7-8-17-28(27)37-21-20-35-25-13-5-2-6-14-25)32-30(38)31-23-10-9-15-26(22-23)36-19-18-34-24-11-3-1-4-12-24/h1-17,22H,18-21H2,(H2,31,32,33,38). The van der Waals surface area contributed by atoms with Crippen molar-refractivity contribution < 1.29 is 23.7 Å². The number of anilines is 1. The molecule has 2 N–H and O–H groups in total. The van der Waals surface area contributed by atoms with Gasteiger partial charge in [0.1, 0.15) is 49.4 Å². The summed E-state index contributed by atoms with van der Waals surface area (Å²) in [5.41, 5.74) is 1.05. The molecule has 0 aliphatic heterocycles. The number of ether oxygens (including phenoxy) is 4. The molecule has 4 aromatic carbocycles. The molecule has 0 atom stereocenters. The van der Waals surface area contributed by atoms with Gasteiger partial charge in [-0.15, -0.1) is 0 Å². The Hall–Kier alpha value is -4.56. The van der Waals surface area contributed by atoms with Gasteiger partial charge in [-0.25, -0.2) is 0 Å². The summed E-state index contributed by atoms with van der Waals surface area (Å²) in [6.07, 6.45) is 0. The molecular weight excluding hydrogens is 500 g/mol. The molecule has 0 aromatic heterocycles. The Morgan fingerprint density at radius 3 is 1.79 bits per heavy atom. The monoisotopic (exact) mass is 528 g/mol. The molecule has 0 unspecified atom stereocenters. The molecule has 0 saturated heterocycles. The van der Waals surface area contributed by atoms with Crippen molar-refractivity contribution in [1.82, 2.24) is 5.32 Å². The van der Waals surface area contributed by atoms with Crippen LogP contribution >= 0.6 is 12.2 Å². The Bertz CT molecular complexity index is 1320. The number of benzene rings is 4. The molecule has 0 spiro atoms. The van der Waals surface area contributed by atoms with E-state index in [1.165, 1.54) is 0 Å². The number of thiocarbonyl (C=S) groups is 1. The highest BCUT2D eigenvalue weighted by molar-refractivity contribution is 7.80. The minimum Gasteiger partial charge on any atom is -0.490 e. The summed E-state index contributed by atoms with van der Waals surface area (Å²) in [5.74, 6) is 2.26. The maximum absolute atomic E-state index is 12.9. The van der Waals surface area contributed by atoms with Crippen molar-refractivity contribution in [3.05, 3.63) is 115 Å². The summed E-state index contributed by atoms with van der Waals surface area (Å²) < 4.78 is 22.9. The maximum atomic E-state index is 12.9. The van der Waals surface area contributed by atoms with Crippen LogP contribution in [0.15, 0.2) is 109 Å². The van der Waals surface area contributed by atoms with E-state index in [0.29, 0.717) is 42.6 Å². The van der Waals surface area contributed by atoms with Crippen molar-refractivity contribution in [1.29, 1.82) is 0 Å². The molecule has 4 aromatic rings. The lowest BCUT2D eigenvalue weighted by atomic mass is 10.2. The minimum atomic E-state index is -0.382. The first kappa shape index (κ1) is 26.5. The van der Waals surface area contributed by atoms with Crippen molar-refractivity contribution in [2.75, 3.05) is 31.7 Å². The van der Waals surface area contributed by atoms with E-state index in [1.54, 1.807) is 30.3 Å². The van der Waals surface area contributed by atoms with Crippen LogP contribution in [0.2, 0.25) is 0 Å². The van der Waals surface area contributed by atoms with Crippen molar-refractivity contribution in [3.8, 4) is 23.0 Å². The molecule has 0 saturated carbocycles. The maximum Gasteiger partial charge on any atom is 0.261 e. The number of hydrogen-bond acceptors (Lipinski definition) is 6. The molecule has 4 rings (SSSR count). The van der Waals surface area contributed by atoms with Gasteiger partial charge in [0, 0.05) is 11.8 Å². The topological polar surface area (TPSA) is 78.1 Å². The van der Waals surface area contributed by atoms with Crippen LogP contribution in [-0.4, -0.2) is 37.4 Å². The lowest BCUT2D eigenvalue weighted by Gasteiger charge is -2.14. The van der Waals surface area contributed by atoms with Gasteiger partial charge >= 0.3 is 0 Å². The normalized spacial score (nSPS) is 10.2. The van der Waals surface area contributed by atoms with Crippen LogP contribution < -0.4 is 29.6 Å². The van der Waals surface area contributed by atoms with Crippen LogP contribution in [0, 0.1) is 0 Å². The fourth-order valence-corrected chi connectivity index (χ4v) is 3.65. The summed E-state index contributed by atoms with van der Waals surface area (Å²) >= 11 is 5.35. The molecule has 0 radical (unpaired) electrons. The van der Waals surface area contributed by atoms with Crippen LogP contribution in [0.1, 0.15) is 10.4 Å². The Balaban J connectivity index is 1.23. The lowest BCUT2D eigenvalue weighted by molar-refractivity contribution is 0.0972. The summed E-state index contributed by atoms with van der Waals surface area (Å²) in [6, 6.07) is 33.3. The van der Waals surface area contributed by atoms with E-state index < -0.39 is 0 Å². The molecule has 38 heavy (non-hydrogen) atoms. The average Bonchev–Trinajstić information content (AvgIpc) is 2.95. The third kappa shape index (κ3) is 8.53. The Morgan fingerprint density at radius 1 is 0.605 bits per heavy atom. The van der Waals surface area contributed by atoms with Gasteiger partial charge in [0.15, 0.2) is 5.11 Å². The van der Waals surface area contributed by atoms with Gasteiger partial charge in [0.05, 0.1) is 5.56 Å². The van der Waals surface area contributed by atoms with Crippen LogP contribution in [0.3, 0.4) is 0 Å². The fourth-order valence-electron chi connectivity index (χ4n) is 3.44.